The molecule has 1 unspecified atom stereocenters. The van der Waals surface area contributed by atoms with Gasteiger partial charge in [-0.3, -0.25) is 0 Å². The topological polar surface area (TPSA) is 24.5 Å². The van der Waals surface area contributed by atoms with Gasteiger partial charge < -0.3 is 15.0 Å². The van der Waals surface area contributed by atoms with E-state index in [1.807, 2.05) is 0 Å². The molecule has 20 heavy (non-hydrogen) atoms. The average Bonchev–Trinajstić information content (AvgIpc) is 2.36. The number of rotatable bonds is 6. The molecule has 0 aliphatic carbocycles. The number of nitrogens with zero attached hydrogens (tertiary/aromatic N) is 1. The first-order valence-electron chi connectivity index (χ1n) is 8.18. The van der Waals surface area contributed by atoms with Gasteiger partial charge in [-0.25, -0.2) is 0 Å². The van der Waals surface area contributed by atoms with Gasteiger partial charge in [0.05, 0.1) is 0 Å². The summed E-state index contributed by atoms with van der Waals surface area (Å²) in [5.41, 5.74) is 0.553. The van der Waals surface area contributed by atoms with Crippen LogP contribution in [0.15, 0.2) is 0 Å². The molecule has 1 aliphatic rings. The monoisotopic (exact) mass is 284 g/mol. The minimum absolute atomic E-state index is 0.188. The molecule has 0 aromatic heterocycles. The molecular formula is C17H36N2O. The first-order chi connectivity index (χ1) is 9.15. The van der Waals surface area contributed by atoms with Crippen molar-refractivity contribution in [3.05, 3.63) is 0 Å². The zero-order valence-corrected chi connectivity index (χ0v) is 14.8. The van der Waals surface area contributed by atoms with Crippen molar-refractivity contribution in [2.24, 2.45) is 11.3 Å². The van der Waals surface area contributed by atoms with Crippen molar-refractivity contribution >= 4 is 0 Å². The van der Waals surface area contributed by atoms with Crippen LogP contribution in [-0.4, -0.2) is 49.8 Å². The van der Waals surface area contributed by atoms with Crippen molar-refractivity contribution in [2.45, 2.75) is 66.0 Å². The van der Waals surface area contributed by atoms with Crippen LogP contribution in [0, 0.1) is 11.3 Å². The maximum atomic E-state index is 5.60. The molecule has 1 aliphatic heterocycles. The highest BCUT2D eigenvalue weighted by Crippen LogP contribution is 2.32. The smallest absolute Gasteiger partial charge is 0.0472 e. The van der Waals surface area contributed by atoms with Crippen LogP contribution in [0.3, 0.4) is 0 Å². The molecule has 3 heteroatoms. The van der Waals surface area contributed by atoms with Crippen molar-refractivity contribution in [1.82, 2.24) is 10.2 Å². The van der Waals surface area contributed by atoms with E-state index in [4.69, 9.17) is 4.74 Å². The van der Waals surface area contributed by atoms with Crippen LogP contribution in [0.1, 0.15) is 54.4 Å². The molecule has 1 atom stereocenters. The number of ether oxygens (including phenoxy) is 1. The third-order valence-corrected chi connectivity index (χ3v) is 4.79. The maximum Gasteiger partial charge on any atom is 0.0472 e. The highest BCUT2D eigenvalue weighted by Gasteiger charge is 2.35. The van der Waals surface area contributed by atoms with Crippen LogP contribution in [-0.2, 0) is 4.74 Å². The second kappa shape index (κ2) is 7.24. The lowest BCUT2D eigenvalue weighted by Gasteiger charge is -2.44. The molecule has 0 aromatic rings. The SMILES string of the molecule is CC(C)C(C)N(C)CC1(CNC(C)(C)C)CCOCC1. The van der Waals surface area contributed by atoms with Crippen LogP contribution >= 0.6 is 0 Å². The molecule has 1 fully saturated rings. The minimum atomic E-state index is 0.188. The Labute approximate surface area is 126 Å². The lowest BCUT2D eigenvalue weighted by atomic mass is 9.78. The Kier molecular flexibility index (Phi) is 6.49. The summed E-state index contributed by atoms with van der Waals surface area (Å²) < 4.78 is 5.60. The minimum Gasteiger partial charge on any atom is -0.381 e. The Bertz CT molecular complexity index is 277. The van der Waals surface area contributed by atoms with Crippen molar-refractivity contribution in [3.8, 4) is 0 Å². The molecule has 0 amide bonds. The highest BCUT2D eigenvalue weighted by atomic mass is 16.5. The quantitative estimate of drug-likeness (QED) is 0.811. The van der Waals surface area contributed by atoms with Gasteiger partial charge in [0.15, 0.2) is 0 Å². The lowest BCUT2D eigenvalue weighted by Crippen LogP contribution is -2.52. The molecular weight excluding hydrogens is 248 g/mol. The summed E-state index contributed by atoms with van der Waals surface area (Å²) in [4.78, 5) is 2.54. The Morgan fingerprint density at radius 2 is 1.70 bits per heavy atom. The zero-order chi connectivity index (χ0) is 15.4. The molecule has 0 bridgehead atoms. The van der Waals surface area contributed by atoms with E-state index in [0.29, 0.717) is 17.4 Å². The largest absolute Gasteiger partial charge is 0.381 e. The van der Waals surface area contributed by atoms with Crippen molar-refractivity contribution in [2.75, 3.05) is 33.4 Å². The Balaban J connectivity index is 2.68. The molecule has 0 saturated carbocycles. The Hall–Kier alpha value is -0.120. The summed E-state index contributed by atoms with van der Waals surface area (Å²) in [5, 5.41) is 3.72. The molecule has 1 heterocycles. The third-order valence-electron chi connectivity index (χ3n) is 4.79. The van der Waals surface area contributed by atoms with Gasteiger partial charge in [0.1, 0.15) is 0 Å². The van der Waals surface area contributed by atoms with Crippen LogP contribution in [0.4, 0.5) is 0 Å². The van der Waals surface area contributed by atoms with Crippen LogP contribution in [0.5, 0.6) is 0 Å². The molecule has 3 nitrogen and oxygen atoms in total. The van der Waals surface area contributed by atoms with Gasteiger partial charge in [-0.05, 0) is 58.9 Å². The Morgan fingerprint density at radius 3 is 2.15 bits per heavy atom. The van der Waals surface area contributed by atoms with Gasteiger partial charge in [-0.2, -0.15) is 0 Å². The summed E-state index contributed by atoms with van der Waals surface area (Å²) in [5.74, 6) is 0.701. The fourth-order valence-corrected chi connectivity index (χ4v) is 2.83. The Morgan fingerprint density at radius 1 is 1.15 bits per heavy atom. The second-order valence-electron chi connectivity index (χ2n) is 8.12. The normalized spacial score (nSPS) is 21.4. The summed E-state index contributed by atoms with van der Waals surface area (Å²) in [6.45, 7) is 17.8. The van der Waals surface area contributed by atoms with E-state index in [1.165, 1.54) is 19.4 Å². The number of hydrogen-bond acceptors (Lipinski definition) is 3. The van der Waals surface area contributed by atoms with E-state index in [1.54, 1.807) is 0 Å². The summed E-state index contributed by atoms with van der Waals surface area (Å²) in [6.07, 6.45) is 2.34. The summed E-state index contributed by atoms with van der Waals surface area (Å²) >= 11 is 0. The first kappa shape index (κ1) is 17.9. The molecule has 120 valence electrons. The molecule has 1 saturated heterocycles. The van der Waals surface area contributed by atoms with E-state index < -0.39 is 0 Å². The molecule has 0 radical (unpaired) electrons. The molecule has 0 aromatic carbocycles. The van der Waals surface area contributed by atoms with Gasteiger partial charge in [0, 0.05) is 37.9 Å². The van der Waals surface area contributed by atoms with Gasteiger partial charge >= 0.3 is 0 Å². The zero-order valence-electron chi connectivity index (χ0n) is 14.8. The fraction of sp³-hybridized carbons (Fsp3) is 1.00. The predicted octanol–water partition coefficient (Wildman–Crippen LogP) is 3.15. The van der Waals surface area contributed by atoms with E-state index in [2.05, 4.69) is 58.8 Å². The van der Waals surface area contributed by atoms with Gasteiger partial charge in [0.2, 0.25) is 0 Å². The van der Waals surface area contributed by atoms with Crippen LogP contribution in [0.25, 0.3) is 0 Å². The first-order valence-corrected chi connectivity index (χ1v) is 8.18. The van der Waals surface area contributed by atoms with Crippen molar-refractivity contribution < 1.29 is 4.74 Å². The fourth-order valence-electron chi connectivity index (χ4n) is 2.83. The van der Waals surface area contributed by atoms with E-state index in [9.17, 15) is 0 Å². The summed E-state index contributed by atoms with van der Waals surface area (Å²) in [7, 11) is 2.28. The van der Waals surface area contributed by atoms with Gasteiger partial charge in [-0.15, -0.1) is 0 Å². The van der Waals surface area contributed by atoms with E-state index >= 15 is 0 Å². The van der Waals surface area contributed by atoms with Crippen LogP contribution < -0.4 is 5.32 Å². The van der Waals surface area contributed by atoms with Crippen molar-refractivity contribution in [1.29, 1.82) is 0 Å². The highest BCUT2D eigenvalue weighted by molar-refractivity contribution is 4.90. The third kappa shape index (κ3) is 5.71. The molecule has 0 spiro atoms. The van der Waals surface area contributed by atoms with E-state index in [0.717, 1.165) is 19.8 Å². The average molecular weight is 284 g/mol. The van der Waals surface area contributed by atoms with Gasteiger partial charge in [0.25, 0.3) is 0 Å². The number of hydrogen-bond donors (Lipinski definition) is 1. The van der Waals surface area contributed by atoms with Crippen molar-refractivity contribution in [3.63, 3.8) is 0 Å². The lowest BCUT2D eigenvalue weighted by molar-refractivity contribution is -0.0111. The standard InChI is InChI=1S/C17H36N2O/c1-14(2)15(3)19(7)13-17(8-10-20-11-9-17)12-18-16(4,5)6/h14-15,18H,8-13H2,1-7H3. The maximum absolute atomic E-state index is 5.60. The van der Waals surface area contributed by atoms with Gasteiger partial charge in [-0.1, -0.05) is 13.8 Å². The predicted molar refractivity (Wildman–Crippen MR) is 87.2 cm³/mol. The molecule has 1 rings (SSSR count). The number of nitrogens with one attached hydrogen (secondary N) is 1. The summed E-state index contributed by atoms with van der Waals surface area (Å²) in [6, 6.07) is 0.629. The molecule has 1 N–H and O–H groups in total. The van der Waals surface area contributed by atoms with E-state index in [-0.39, 0.29) is 5.54 Å². The van der Waals surface area contributed by atoms with Crippen LogP contribution in [0.2, 0.25) is 0 Å². The second-order valence-corrected chi connectivity index (χ2v) is 8.12.